The molecule has 2 fully saturated rings. The van der Waals surface area contributed by atoms with E-state index in [4.69, 9.17) is 11.6 Å². The SMILES string of the molecule is C[C@H]1C[C@@H](C(=O)NCC2(c3cccc(Cl)c3)CC2)CCN1.Cl. The molecular weight excluding hydrogens is 319 g/mol. The first-order valence-electron chi connectivity index (χ1n) is 7.86. The molecule has 0 spiro atoms. The smallest absolute Gasteiger partial charge is 0.223 e. The van der Waals surface area contributed by atoms with E-state index < -0.39 is 0 Å². The van der Waals surface area contributed by atoms with Gasteiger partial charge in [0.15, 0.2) is 0 Å². The number of nitrogens with one attached hydrogen (secondary N) is 2. The Kier molecular flexibility index (Phi) is 5.76. The molecule has 5 heteroatoms. The maximum Gasteiger partial charge on any atom is 0.223 e. The van der Waals surface area contributed by atoms with E-state index in [1.54, 1.807) is 0 Å². The summed E-state index contributed by atoms with van der Waals surface area (Å²) in [4.78, 5) is 12.4. The average Bonchev–Trinajstić information content (AvgIpc) is 3.26. The standard InChI is InChI=1S/C17H23ClN2O.ClH/c1-12-9-13(5-8-19-12)16(21)20-11-17(6-7-17)14-3-2-4-15(18)10-14;/h2-4,10,12-13,19H,5-9,11H2,1H3,(H,20,21);1H/t12-,13-;/m0./s1. The van der Waals surface area contributed by atoms with Crippen molar-refractivity contribution in [2.75, 3.05) is 13.1 Å². The molecule has 1 heterocycles. The first-order chi connectivity index (χ1) is 10.1. The molecule has 3 nitrogen and oxygen atoms in total. The summed E-state index contributed by atoms with van der Waals surface area (Å²) in [6, 6.07) is 8.49. The minimum atomic E-state index is 0. The number of carbonyl (C=O) groups excluding carboxylic acids is 1. The maximum absolute atomic E-state index is 12.4. The van der Waals surface area contributed by atoms with Crippen molar-refractivity contribution >= 4 is 29.9 Å². The Labute approximate surface area is 143 Å². The molecular formula is C17H24Cl2N2O. The van der Waals surface area contributed by atoms with Crippen LogP contribution in [0.5, 0.6) is 0 Å². The zero-order chi connectivity index (χ0) is 14.9. The summed E-state index contributed by atoms with van der Waals surface area (Å²) < 4.78 is 0. The maximum atomic E-state index is 12.4. The molecule has 1 saturated carbocycles. The molecule has 3 rings (SSSR count). The Morgan fingerprint density at radius 2 is 2.23 bits per heavy atom. The fourth-order valence-corrected chi connectivity index (χ4v) is 3.50. The first-order valence-corrected chi connectivity index (χ1v) is 8.24. The van der Waals surface area contributed by atoms with Crippen molar-refractivity contribution in [2.24, 2.45) is 5.92 Å². The second-order valence-corrected chi connectivity index (χ2v) is 7.02. The number of halogens is 2. The number of rotatable bonds is 4. The van der Waals surface area contributed by atoms with Gasteiger partial charge >= 0.3 is 0 Å². The third kappa shape index (κ3) is 3.95. The zero-order valence-corrected chi connectivity index (χ0v) is 14.5. The van der Waals surface area contributed by atoms with Gasteiger partial charge in [-0.2, -0.15) is 0 Å². The highest BCUT2D eigenvalue weighted by atomic mass is 35.5. The molecule has 1 aromatic rings. The molecule has 22 heavy (non-hydrogen) atoms. The van der Waals surface area contributed by atoms with E-state index in [1.165, 1.54) is 5.56 Å². The van der Waals surface area contributed by atoms with Crippen molar-refractivity contribution in [3.63, 3.8) is 0 Å². The van der Waals surface area contributed by atoms with Crippen LogP contribution in [0.3, 0.4) is 0 Å². The molecule has 1 saturated heterocycles. The van der Waals surface area contributed by atoms with E-state index in [0.717, 1.165) is 43.8 Å². The second kappa shape index (κ2) is 7.20. The summed E-state index contributed by atoms with van der Waals surface area (Å²) in [7, 11) is 0. The molecule has 0 unspecified atom stereocenters. The molecule has 2 atom stereocenters. The van der Waals surface area contributed by atoms with Crippen LogP contribution in [0.2, 0.25) is 5.02 Å². The van der Waals surface area contributed by atoms with Crippen molar-refractivity contribution in [1.29, 1.82) is 0 Å². The molecule has 0 radical (unpaired) electrons. The van der Waals surface area contributed by atoms with Crippen molar-refractivity contribution < 1.29 is 4.79 Å². The molecule has 1 aromatic carbocycles. The van der Waals surface area contributed by atoms with Gasteiger partial charge in [-0.05, 0) is 56.8 Å². The predicted molar refractivity (Wildman–Crippen MR) is 92.8 cm³/mol. The Morgan fingerprint density at radius 1 is 1.45 bits per heavy atom. The van der Waals surface area contributed by atoms with Crippen LogP contribution in [0.25, 0.3) is 0 Å². The van der Waals surface area contributed by atoms with Gasteiger partial charge in [0.05, 0.1) is 0 Å². The van der Waals surface area contributed by atoms with Gasteiger partial charge in [-0.15, -0.1) is 12.4 Å². The average molecular weight is 343 g/mol. The van der Waals surface area contributed by atoms with E-state index in [0.29, 0.717) is 6.04 Å². The molecule has 1 aliphatic carbocycles. The molecule has 1 aliphatic heterocycles. The van der Waals surface area contributed by atoms with Crippen LogP contribution in [-0.4, -0.2) is 25.0 Å². The fraction of sp³-hybridized carbons (Fsp3) is 0.588. The third-order valence-corrected chi connectivity index (χ3v) is 5.12. The van der Waals surface area contributed by atoms with Crippen LogP contribution in [-0.2, 0) is 10.2 Å². The highest BCUT2D eigenvalue weighted by molar-refractivity contribution is 6.30. The van der Waals surface area contributed by atoms with Crippen LogP contribution in [0.15, 0.2) is 24.3 Å². The number of hydrogen-bond donors (Lipinski definition) is 2. The minimum absolute atomic E-state index is 0. The van der Waals surface area contributed by atoms with Gasteiger partial charge in [0.1, 0.15) is 0 Å². The van der Waals surface area contributed by atoms with Gasteiger partial charge in [-0.25, -0.2) is 0 Å². The largest absolute Gasteiger partial charge is 0.355 e. The van der Waals surface area contributed by atoms with Crippen LogP contribution in [0.1, 0.15) is 38.2 Å². The minimum Gasteiger partial charge on any atom is -0.355 e. The Balaban J connectivity index is 0.00000176. The van der Waals surface area contributed by atoms with Crippen molar-refractivity contribution in [3.05, 3.63) is 34.9 Å². The molecule has 1 amide bonds. The Hall–Kier alpha value is -0.770. The van der Waals surface area contributed by atoms with Crippen molar-refractivity contribution in [1.82, 2.24) is 10.6 Å². The molecule has 122 valence electrons. The summed E-state index contributed by atoms with van der Waals surface area (Å²) in [5.41, 5.74) is 1.38. The number of hydrogen-bond acceptors (Lipinski definition) is 2. The topological polar surface area (TPSA) is 41.1 Å². The second-order valence-electron chi connectivity index (χ2n) is 6.58. The predicted octanol–water partition coefficient (Wildman–Crippen LogP) is 3.30. The molecule has 0 bridgehead atoms. The summed E-state index contributed by atoms with van der Waals surface area (Å²) >= 11 is 6.08. The van der Waals surface area contributed by atoms with Crippen LogP contribution >= 0.6 is 24.0 Å². The molecule has 2 N–H and O–H groups in total. The van der Waals surface area contributed by atoms with E-state index in [-0.39, 0.29) is 29.6 Å². The lowest BCUT2D eigenvalue weighted by atomic mass is 9.91. The van der Waals surface area contributed by atoms with Gasteiger partial charge in [-0.3, -0.25) is 4.79 Å². The molecule has 2 aliphatic rings. The van der Waals surface area contributed by atoms with E-state index in [1.807, 2.05) is 18.2 Å². The number of benzene rings is 1. The Bertz CT molecular complexity index is 531. The molecule has 0 aromatic heterocycles. The summed E-state index contributed by atoms with van der Waals surface area (Å²) in [6.07, 6.45) is 4.16. The van der Waals surface area contributed by atoms with Crippen LogP contribution in [0.4, 0.5) is 0 Å². The monoisotopic (exact) mass is 342 g/mol. The van der Waals surface area contributed by atoms with Gasteiger partial charge in [0.2, 0.25) is 5.91 Å². The summed E-state index contributed by atoms with van der Waals surface area (Å²) in [6.45, 7) is 3.83. The number of carbonyl (C=O) groups is 1. The zero-order valence-electron chi connectivity index (χ0n) is 12.9. The lowest BCUT2D eigenvalue weighted by Crippen LogP contribution is -2.44. The highest BCUT2D eigenvalue weighted by Gasteiger charge is 2.44. The Morgan fingerprint density at radius 3 is 2.86 bits per heavy atom. The van der Waals surface area contributed by atoms with Gasteiger partial charge in [0, 0.05) is 28.9 Å². The summed E-state index contributed by atoms with van der Waals surface area (Å²) in [5, 5.41) is 7.35. The van der Waals surface area contributed by atoms with Crippen molar-refractivity contribution in [3.8, 4) is 0 Å². The fourth-order valence-electron chi connectivity index (χ4n) is 3.31. The first kappa shape index (κ1) is 17.6. The van der Waals surface area contributed by atoms with Crippen LogP contribution < -0.4 is 10.6 Å². The van der Waals surface area contributed by atoms with Crippen LogP contribution in [0, 0.1) is 5.92 Å². The highest BCUT2D eigenvalue weighted by Crippen LogP contribution is 2.48. The lowest BCUT2D eigenvalue weighted by Gasteiger charge is -2.28. The van der Waals surface area contributed by atoms with Crippen molar-refractivity contribution in [2.45, 2.75) is 44.1 Å². The number of piperidine rings is 1. The third-order valence-electron chi connectivity index (χ3n) is 4.89. The van der Waals surface area contributed by atoms with E-state index in [2.05, 4.69) is 23.6 Å². The normalized spacial score (nSPS) is 25.9. The van der Waals surface area contributed by atoms with E-state index in [9.17, 15) is 4.79 Å². The van der Waals surface area contributed by atoms with Gasteiger partial charge < -0.3 is 10.6 Å². The van der Waals surface area contributed by atoms with Gasteiger partial charge in [-0.1, -0.05) is 23.7 Å². The number of amides is 1. The van der Waals surface area contributed by atoms with E-state index >= 15 is 0 Å². The summed E-state index contributed by atoms with van der Waals surface area (Å²) in [5.74, 6) is 0.382. The van der Waals surface area contributed by atoms with Gasteiger partial charge in [0.25, 0.3) is 0 Å². The lowest BCUT2D eigenvalue weighted by molar-refractivity contribution is -0.126. The quantitative estimate of drug-likeness (QED) is 0.881.